The summed E-state index contributed by atoms with van der Waals surface area (Å²) < 4.78 is 48.4. The van der Waals surface area contributed by atoms with Crippen LogP contribution in [0.4, 0.5) is 13.2 Å². The Balaban J connectivity index is 1.57. The highest BCUT2D eigenvalue weighted by Crippen LogP contribution is 2.28. The van der Waals surface area contributed by atoms with Crippen LogP contribution >= 0.6 is 0 Å². The lowest BCUT2D eigenvalue weighted by Gasteiger charge is -2.10. The molecule has 1 heterocycles. The lowest BCUT2D eigenvalue weighted by atomic mass is 10.0. The predicted molar refractivity (Wildman–Crippen MR) is 112 cm³/mol. The van der Waals surface area contributed by atoms with Crippen LogP contribution in [-0.4, -0.2) is 32.7 Å². The van der Waals surface area contributed by atoms with Gasteiger partial charge < -0.3 is 14.9 Å². The van der Waals surface area contributed by atoms with Crippen LogP contribution in [0.25, 0.3) is 22.0 Å². The zero-order valence-corrected chi connectivity index (χ0v) is 16.7. The molecule has 6 nitrogen and oxygen atoms in total. The molecule has 0 amide bonds. The molecule has 0 aliphatic carbocycles. The molecule has 0 fully saturated rings. The molecule has 0 unspecified atom stereocenters. The summed E-state index contributed by atoms with van der Waals surface area (Å²) in [6.07, 6.45) is -1.10. The third kappa shape index (κ3) is 4.25. The number of hydrogen-bond donors (Lipinski definition) is 3. The summed E-state index contributed by atoms with van der Waals surface area (Å²) in [7, 11) is 0. The van der Waals surface area contributed by atoms with E-state index >= 15 is 0 Å². The third-order valence-electron chi connectivity index (χ3n) is 5.03. The smallest absolute Gasteiger partial charge is 0.274 e. The molecule has 0 spiro atoms. The Bertz CT molecular complexity index is 1330. The van der Waals surface area contributed by atoms with Crippen molar-refractivity contribution in [2.45, 2.75) is 19.3 Å². The Labute approximate surface area is 180 Å². The third-order valence-corrected chi connectivity index (χ3v) is 5.03. The highest BCUT2D eigenvalue weighted by atomic mass is 19.1. The number of rotatable bonds is 7. The topological polar surface area (TPSA) is 87.5 Å². The molecule has 1 aromatic heterocycles. The van der Waals surface area contributed by atoms with Crippen LogP contribution in [-0.2, 0) is 13.2 Å². The van der Waals surface area contributed by atoms with E-state index in [1.165, 1.54) is 22.9 Å². The lowest BCUT2D eigenvalue weighted by molar-refractivity contribution is 0.0776. The molecule has 4 aromatic rings. The maximum absolute atomic E-state index is 14.6. The molecule has 32 heavy (non-hydrogen) atoms. The van der Waals surface area contributed by atoms with Gasteiger partial charge in [-0.15, -0.1) is 0 Å². The Kier molecular flexibility index (Phi) is 6.02. The number of para-hydroxylation sites is 1. The van der Waals surface area contributed by atoms with Crippen LogP contribution in [0, 0.1) is 17.5 Å². The van der Waals surface area contributed by atoms with E-state index in [-0.39, 0.29) is 35.6 Å². The summed E-state index contributed by atoms with van der Waals surface area (Å²) in [4.78, 5) is 12.5. The number of ether oxygens (including phenoxy) is 1. The fourth-order valence-corrected chi connectivity index (χ4v) is 3.42. The summed E-state index contributed by atoms with van der Waals surface area (Å²) in [5.41, 5.74) is 0.966. The molecule has 3 N–H and O–H groups in total. The van der Waals surface area contributed by atoms with Crippen molar-refractivity contribution < 1.29 is 28.1 Å². The number of nitrogens with one attached hydrogen (secondary N) is 1. The van der Waals surface area contributed by atoms with Crippen molar-refractivity contribution in [2.24, 2.45) is 0 Å². The van der Waals surface area contributed by atoms with Crippen LogP contribution in [0.15, 0.2) is 59.4 Å². The highest BCUT2D eigenvalue weighted by molar-refractivity contribution is 5.81. The standard InChI is InChI=1S/C23H19F3N2O4/c24-15-5-6-17(19(25)9-15)13-4-7-21(20(26)8-13)32-12-14-2-1-3-18-22(14)27-28(23(18)31)10-16(30)11-29/h1-9,16,27,29-30H,10-12H2/t16-/m1/s1. The number of aromatic amines is 1. The van der Waals surface area contributed by atoms with Gasteiger partial charge in [-0.25, -0.2) is 17.9 Å². The molecule has 0 saturated heterocycles. The number of nitrogens with zero attached hydrogens (tertiary/aromatic N) is 1. The second-order valence-electron chi connectivity index (χ2n) is 7.26. The van der Waals surface area contributed by atoms with E-state index < -0.39 is 30.2 Å². The number of fused-ring (bicyclic) bond motifs is 1. The van der Waals surface area contributed by atoms with Crippen LogP contribution in [0.2, 0.25) is 0 Å². The Morgan fingerprint density at radius 3 is 2.56 bits per heavy atom. The number of aromatic nitrogens is 2. The van der Waals surface area contributed by atoms with Crippen molar-refractivity contribution in [3.05, 3.63) is 88.0 Å². The van der Waals surface area contributed by atoms with Gasteiger partial charge in [0, 0.05) is 17.2 Å². The van der Waals surface area contributed by atoms with E-state index in [2.05, 4.69) is 5.10 Å². The highest BCUT2D eigenvalue weighted by Gasteiger charge is 2.15. The number of H-pyrrole nitrogens is 1. The van der Waals surface area contributed by atoms with Gasteiger partial charge >= 0.3 is 0 Å². The second-order valence-corrected chi connectivity index (χ2v) is 7.26. The summed E-state index contributed by atoms with van der Waals surface area (Å²) >= 11 is 0. The minimum atomic E-state index is -1.10. The molecule has 166 valence electrons. The van der Waals surface area contributed by atoms with E-state index in [0.717, 1.165) is 18.2 Å². The maximum Gasteiger partial charge on any atom is 0.274 e. The zero-order valence-electron chi connectivity index (χ0n) is 16.7. The average molecular weight is 444 g/mol. The van der Waals surface area contributed by atoms with Gasteiger partial charge in [-0.05, 0) is 35.9 Å². The number of benzene rings is 3. The second kappa shape index (κ2) is 8.89. The van der Waals surface area contributed by atoms with Gasteiger partial charge in [-0.2, -0.15) is 0 Å². The van der Waals surface area contributed by atoms with Crippen molar-refractivity contribution in [2.75, 3.05) is 6.61 Å². The minimum Gasteiger partial charge on any atom is -0.486 e. The molecule has 0 aliphatic heterocycles. The van der Waals surface area contributed by atoms with Gasteiger partial charge in [0.25, 0.3) is 5.56 Å². The van der Waals surface area contributed by atoms with E-state index in [1.807, 2.05) is 0 Å². The summed E-state index contributed by atoms with van der Waals surface area (Å²) in [5.74, 6) is -2.33. The predicted octanol–water partition coefficient (Wildman–Crippen LogP) is 3.35. The molecule has 0 radical (unpaired) electrons. The van der Waals surface area contributed by atoms with Crippen molar-refractivity contribution in [1.82, 2.24) is 9.78 Å². The average Bonchev–Trinajstić information content (AvgIpc) is 3.09. The van der Waals surface area contributed by atoms with Gasteiger partial charge in [-0.1, -0.05) is 18.2 Å². The monoisotopic (exact) mass is 444 g/mol. The van der Waals surface area contributed by atoms with Gasteiger partial charge in [0.05, 0.1) is 30.2 Å². The maximum atomic E-state index is 14.6. The quantitative estimate of drug-likeness (QED) is 0.408. The van der Waals surface area contributed by atoms with Crippen LogP contribution in [0.3, 0.4) is 0 Å². The molecular weight excluding hydrogens is 425 g/mol. The van der Waals surface area contributed by atoms with Crippen molar-refractivity contribution >= 4 is 10.9 Å². The summed E-state index contributed by atoms with van der Waals surface area (Å²) in [6.45, 7) is -0.670. The Morgan fingerprint density at radius 2 is 1.84 bits per heavy atom. The summed E-state index contributed by atoms with van der Waals surface area (Å²) in [5, 5.41) is 21.8. The molecule has 3 aromatic carbocycles. The van der Waals surface area contributed by atoms with Gasteiger partial charge in [0.2, 0.25) is 0 Å². The van der Waals surface area contributed by atoms with E-state index in [1.54, 1.807) is 18.2 Å². The number of hydrogen-bond acceptors (Lipinski definition) is 4. The number of halogens is 3. The first kappa shape index (κ1) is 21.7. The molecule has 1 atom stereocenters. The SMILES string of the molecule is O=c1c2cccc(COc3ccc(-c4ccc(F)cc4F)cc3F)c2[nH]n1C[C@@H](O)CO. The first-order valence-corrected chi connectivity index (χ1v) is 9.74. The first-order chi connectivity index (χ1) is 15.4. The van der Waals surface area contributed by atoms with Crippen molar-refractivity contribution in [3.63, 3.8) is 0 Å². The van der Waals surface area contributed by atoms with Crippen molar-refractivity contribution in [3.8, 4) is 16.9 Å². The lowest BCUT2D eigenvalue weighted by Crippen LogP contribution is -2.27. The Hall–Kier alpha value is -3.56. The van der Waals surface area contributed by atoms with Crippen LogP contribution in [0.5, 0.6) is 5.75 Å². The van der Waals surface area contributed by atoms with E-state index in [0.29, 0.717) is 16.5 Å². The van der Waals surface area contributed by atoms with Crippen LogP contribution in [0.1, 0.15) is 5.56 Å². The van der Waals surface area contributed by atoms with E-state index in [4.69, 9.17) is 9.84 Å². The van der Waals surface area contributed by atoms with Crippen molar-refractivity contribution in [1.29, 1.82) is 0 Å². The zero-order chi connectivity index (χ0) is 22.8. The fraction of sp³-hybridized carbons (Fsp3) is 0.174. The molecule has 0 bridgehead atoms. The number of aliphatic hydroxyl groups is 2. The summed E-state index contributed by atoms with van der Waals surface area (Å²) in [6, 6.07) is 11.9. The molecule has 0 saturated carbocycles. The largest absolute Gasteiger partial charge is 0.486 e. The van der Waals surface area contributed by atoms with Gasteiger partial charge in [0.15, 0.2) is 11.6 Å². The Morgan fingerprint density at radius 1 is 1.03 bits per heavy atom. The minimum absolute atomic E-state index is 0.0607. The normalized spacial score (nSPS) is 12.3. The van der Waals surface area contributed by atoms with Gasteiger partial charge in [-0.3, -0.25) is 9.89 Å². The van der Waals surface area contributed by atoms with Crippen LogP contribution < -0.4 is 10.3 Å². The molecule has 9 heteroatoms. The number of aliphatic hydroxyl groups excluding tert-OH is 2. The molecule has 0 aliphatic rings. The molecule has 4 rings (SSSR count). The molecular formula is C23H19F3N2O4. The van der Waals surface area contributed by atoms with E-state index in [9.17, 15) is 23.1 Å². The van der Waals surface area contributed by atoms with Gasteiger partial charge in [0.1, 0.15) is 18.2 Å². The first-order valence-electron chi connectivity index (χ1n) is 9.74. The fourth-order valence-electron chi connectivity index (χ4n) is 3.42.